The van der Waals surface area contributed by atoms with Gasteiger partial charge in [0.05, 0.1) is 25.2 Å². The maximum absolute atomic E-state index is 13.2. The molecule has 6 nitrogen and oxygen atoms in total. The molecule has 3 unspecified atom stereocenters. The number of ether oxygens (including phenoxy) is 1. The molecule has 3 N–H and O–H groups in total. The van der Waals surface area contributed by atoms with Crippen molar-refractivity contribution in [2.75, 3.05) is 6.61 Å². The molecule has 0 heterocycles. The fourth-order valence-corrected chi connectivity index (χ4v) is 7.05. The Morgan fingerprint density at radius 2 is 0.902 bits per heavy atom. The maximum Gasteiger partial charge on any atom is 0.306 e. The van der Waals surface area contributed by atoms with E-state index in [2.05, 4.69) is 74.7 Å². The highest BCUT2D eigenvalue weighted by Gasteiger charge is 2.24. The number of carbonyl (C=O) groups excluding carboxylic acids is 2. The van der Waals surface area contributed by atoms with E-state index < -0.39 is 18.2 Å². The number of amides is 1. The Hall–Kier alpha value is -3.22. The molecule has 1 amide bonds. The van der Waals surface area contributed by atoms with Crippen LogP contribution in [-0.2, 0) is 14.3 Å². The molecule has 0 aromatic carbocycles. The van der Waals surface area contributed by atoms with Crippen molar-refractivity contribution >= 4 is 11.9 Å². The smallest absolute Gasteiger partial charge is 0.306 e. The molecule has 0 aromatic rings. The monoisotopic (exact) mass is 848 g/mol. The van der Waals surface area contributed by atoms with Crippen LogP contribution in [0, 0.1) is 0 Å². The summed E-state index contributed by atoms with van der Waals surface area (Å²) in [7, 11) is 0. The van der Waals surface area contributed by atoms with Crippen molar-refractivity contribution < 1.29 is 24.5 Å². The summed E-state index contributed by atoms with van der Waals surface area (Å²) < 4.78 is 5.88. The largest absolute Gasteiger partial charge is 0.462 e. The van der Waals surface area contributed by atoms with Crippen molar-refractivity contribution in [3.05, 3.63) is 97.2 Å². The van der Waals surface area contributed by atoms with Crippen molar-refractivity contribution in [2.45, 2.75) is 232 Å². The van der Waals surface area contributed by atoms with Crippen molar-refractivity contribution in [1.29, 1.82) is 0 Å². The minimum atomic E-state index is -0.815. The standard InChI is InChI=1S/C55H93NO5/c1-4-7-10-13-16-19-22-24-25-26-27-28-30-33-36-39-42-45-48-55(60)61-51(46-43-40-37-34-32-29-23-20-17-14-11-8-5-2)49-54(59)56-52(50-57)53(58)47-44-41-38-35-31-21-18-15-12-9-6-3/h8,11,14,17,20,22-29,32,34,37,51-53,57-58H,4-7,9-10,12-13,15-16,18-19,21,30-31,33,35-36,38-50H2,1-3H3,(H,56,59)/b11-8+,17-14+,23-20-,24-22+,26-25+,28-27+,32-29-,37-34+. The van der Waals surface area contributed by atoms with Crippen LogP contribution >= 0.6 is 0 Å². The summed E-state index contributed by atoms with van der Waals surface area (Å²) in [5.41, 5.74) is 0. The van der Waals surface area contributed by atoms with Gasteiger partial charge in [0, 0.05) is 6.42 Å². The van der Waals surface area contributed by atoms with Gasteiger partial charge < -0.3 is 20.3 Å². The Morgan fingerprint density at radius 1 is 0.492 bits per heavy atom. The molecule has 0 bridgehead atoms. The molecule has 0 spiro atoms. The number of aliphatic hydroxyl groups is 2. The van der Waals surface area contributed by atoms with Crippen LogP contribution in [0.4, 0.5) is 0 Å². The molecule has 0 aliphatic rings. The number of carbonyl (C=O) groups is 2. The second-order valence-electron chi connectivity index (χ2n) is 16.7. The van der Waals surface area contributed by atoms with E-state index in [-0.39, 0.29) is 24.9 Å². The summed E-state index contributed by atoms with van der Waals surface area (Å²) >= 11 is 0. The zero-order valence-corrected chi connectivity index (χ0v) is 39.5. The van der Waals surface area contributed by atoms with E-state index in [4.69, 9.17) is 4.74 Å². The van der Waals surface area contributed by atoms with E-state index in [1.165, 1.54) is 83.5 Å². The van der Waals surface area contributed by atoms with Gasteiger partial charge in [-0.1, -0.05) is 234 Å². The molecule has 0 rings (SSSR count). The Kier molecular flexibility index (Phi) is 45.3. The molecule has 0 fully saturated rings. The van der Waals surface area contributed by atoms with E-state index >= 15 is 0 Å². The molecule has 0 aliphatic heterocycles. The van der Waals surface area contributed by atoms with Gasteiger partial charge in [-0.15, -0.1) is 0 Å². The number of hydrogen-bond acceptors (Lipinski definition) is 5. The summed E-state index contributed by atoms with van der Waals surface area (Å²) in [6.45, 7) is 6.28. The fourth-order valence-electron chi connectivity index (χ4n) is 7.05. The summed E-state index contributed by atoms with van der Waals surface area (Å²) in [6.07, 6.45) is 63.2. The van der Waals surface area contributed by atoms with Crippen LogP contribution in [-0.4, -0.2) is 46.9 Å². The number of nitrogens with one attached hydrogen (secondary N) is 1. The maximum atomic E-state index is 13.2. The van der Waals surface area contributed by atoms with E-state index in [1.807, 2.05) is 48.6 Å². The first kappa shape index (κ1) is 57.8. The Labute approximate surface area is 376 Å². The molecule has 0 saturated carbocycles. The average Bonchev–Trinajstić information content (AvgIpc) is 3.25. The quantitative estimate of drug-likeness (QED) is 0.0323. The lowest BCUT2D eigenvalue weighted by Crippen LogP contribution is -2.46. The van der Waals surface area contributed by atoms with E-state index in [9.17, 15) is 19.8 Å². The number of allylic oxidation sites excluding steroid dienone is 16. The van der Waals surface area contributed by atoms with Gasteiger partial charge in [0.2, 0.25) is 5.91 Å². The normalized spacial score (nSPS) is 14.1. The molecule has 0 radical (unpaired) electrons. The summed E-state index contributed by atoms with van der Waals surface area (Å²) in [5.74, 6) is -0.577. The first-order valence-corrected chi connectivity index (χ1v) is 25.1. The second-order valence-corrected chi connectivity index (χ2v) is 16.7. The van der Waals surface area contributed by atoms with Gasteiger partial charge in [0.1, 0.15) is 6.10 Å². The lowest BCUT2D eigenvalue weighted by Gasteiger charge is -2.24. The van der Waals surface area contributed by atoms with Crippen molar-refractivity contribution in [3.63, 3.8) is 0 Å². The first-order chi connectivity index (χ1) is 30.0. The van der Waals surface area contributed by atoms with Gasteiger partial charge in [-0.3, -0.25) is 9.59 Å². The second kappa shape index (κ2) is 47.8. The Morgan fingerprint density at radius 3 is 1.38 bits per heavy atom. The SMILES string of the molecule is CC/C=C/C=C/C=C\C=C/C=C/CCCC(CC(=O)NC(CO)C(O)CCCCCCCCCCCCC)OC(=O)CCCCCCC/C=C/C=C/C=C/CCCCCCC. The molecule has 6 heteroatoms. The highest BCUT2D eigenvalue weighted by atomic mass is 16.5. The third-order valence-corrected chi connectivity index (χ3v) is 10.8. The topological polar surface area (TPSA) is 95.9 Å². The zero-order chi connectivity index (χ0) is 44.5. The summed E-state index contributed by atoms with van der Waals surface area (Å²) in [5, 5.41) is 23.7. The molecule has 0 saturated heterocycles. The minimum absolute atomic E-state index is 0.0148. The van der Waals surface area contributed by atoms with Crippen LogP contribution < -0.4 is 5.32 Å². The Balaban J connectivity index is 4.73. The molecule has 0 aliphatic carbocycles. The predicted molar refractivity (Wildman–Crippen MR) is 264 cm³/mol. The van der Waals surface area contributed by atoms with Crippen LogP contribution in [0.25, 0.3) is 0 Å². The van der Waals surface area contributed by atoms with Crippen LogP contribution in [0.2, 0.25) is 0 Å². The van der Waals surface area contributed by atoms with E-state index in [0.29, 0.717) is 19.3 Å². The third-order valence-electron chi connectivity index (χ3n) is 10.8. The highest BCUT2D eigenvalue weighted by molar-refractivity contribution is 5.77. The molecule has 0 aromatic heterocycles. The number of rotatable bonds is 43. The predicted octanol–water partition coefficient (Wildman–Crippen LogP) is 14.9. The fraction of sp³-hybridized carbons (Fsp3) is 0.673. The first-order valence-electron chi connectivity index (χ1n) is 25.1. The lowest BCUT2D eigenvalue weighted by molar-refractivity contribution is -0.151. The van der Waals surface area contributed by atoms with Crippen LogP contribution in [0.15, 0.2) is 97.2 Å². The third kappa shape index (κ3) is 43.2. The van der Waals surface area contributed by atoms with Gasteiger partial charge in [-0.25, -0.2) is 0 Å². The van der Waals surface area contributed by atoms with Gasteiger partial charge in [-0.05, 0) is 64.2 Å². The van der Waals surface area contributed by atoms with Gasteiger partial charge in [-0.2, -0.15) is 0 Å². The van der Waals surface area contributed by atoms with Gasteiger partial charge in [0.25, 0.3) is 0 Å². The molecule has 61 heavy (non-hydrogen) atoms. The van der Waals surface area contributed by atoms with E-state index in [0.717, 1.165) is 83.5 Å². The van der Waals surface area contributed by atoms with E-state index in [1.54, 1.807) is 0 Å². The van der Waals surface area contributed by atoms with Crippen LogP contribution in [0.3, 0.4) is 0 Å². The summed E-state index contributed by atoms with van der Waals surface area (Å²) in [4.78, 5) is 26.1. The van der Waals surface area contributed by atoms with Crippen molar-refractivity contribution in [1.82, 2.24) is 5.32 Å². The summed E-state index contributed by atoms with van der Waals surface area (Å²) in [6, 6.07) is -0.733. The van der Waals surface area contributed by atoms with Gasteiger partial charge >= 0.3 is 5.97 Å². The molecular weight excluding hydrogens is 755 g/mol. The molecular formula is C55H93NO5. The van der Waals surface area contributed by atoms with Crippen LogP contribution in [0.1, 0.15) is 213 Å². The van der Waals surface area contributed by atoms with Gasteiger partial charge in [0.15, 0.2) is 0 Å². The minimum Gasteiger partial charge on any atom is -0.462 e. The number of hydrogen-bond donors (Lipinski definition) is 3. The number of aliphatic hydroxyl groups excluding tert-OH is 2. The van der Waals surface area contributed by atoms with Crippen molar-refractivity contribution in [3.8, 4) is 0 Å². The Bertz CT molecular complexity index is 1220. The number of esters is 1. The number of unbranched alkanes of at least 4 members (excludes halogenated alkanes) is 21. The highest BCUT2D eigenvalue weighted by Crippen LogP contribution is 2.16. The molecule has 3 atom stereocenters. The van der Waals surface area contributed by atoms with Crippen LogP contribution in [0.5, 0.6) is 0 Å². The average molecular weight is 848 g/mol. The van der Waals surface area contributed by atoms with Crippen molar-refractivity contribution in [2.24, 2.45) is 0 Å². The zero-order valence-electron chi connectivity index (χ0n) is 39.5. The lowest BCUT2D eigenvalue weighted by atomic mass is 10.0. The molecule has 348 valence electrons.